The van der Waals surface area contributed by atoms with Crippen LogP contribution in [0.25, 0.3) is 0 Å². The standard InChI is InChI=1S/C15H17Cl2N3O/c1-15(2,3)20-6-10-4-14(19-9-13(10)17)21-12-5-11(16)7-18-8-12/h4-5,7-9,20H,6H2,1-3H3. The summed E-state index contributed by atoms with van der Waals surface area (Å²) < 4.78 is 5.64. The van der Waals surface area contributed by atoms with Crippen LogP contribution in [0.15, 0.2) is 30.7 Å². The van der Waals surface area contributed by atoms with Gasteiger partial charge in [0.2, 0.25) is 5.88 Å². The topological polar surface area (TPSA) is 47.0 Å². The molecule has 112 valence electrons. The van der Waals surface area contributed by atoms with Gasteiger partial charge in [0.25, 0.3) is 0 Å². The zero-order chi connectivity index (χ0) is 15.5. The van der Waals surface area contributed by atoms with Crippen molar-refractivity contribution in [1.29, 1.82) is 0 Å². The van der Waals surface area contributed by atoms with Gasteiger partial charge in [-0.15, -0.1) is 0 Å². The maximum Gasteiger partial charge on any atom is 0.219 e. The van der Waals surface area contributed by atoms with Crippen LogP contribution in [0.2, 0.25) is 10.0 Å². The Morgan fingerprint density at radius 2 is 1.90 bits per heavy atom. The first-order valence-corrected chi connectivity index (χ1v) is 7.27. The number of hydrogen-bond acceptors (Lipinski definition) is 4. The lowest BCUT2D eigenvalue weighted by Gasteiger charge is -2.21. The Labute approximate surface area is 134 Å². The van der Waals surface area contributed by atoms with Crippen LogP contribution in [0.1, 0.15) is 26.3 Å². The van der Waals surface area contributed by atoms with Gasteiger partial charge >= 0.3 is 0 Å². The van der Waals surface area contributed by atoms with Crippen LogP contribution in [0.5, 0.6) is 11.6 Å². The third-order valence-electron chi connectivity index (χ3n) is 2.62. The summed E-state index contributed by atoms with van der Waals surface area (Å²) in [4.78, 5) is 8.12. The minimum atomic E-state index is 0.00446. The minimum absolute atomic E-state index is 0.00446. The number of rotatable bonds is 4. The molecular formula is C15H17Cl2N3O. The van der Waals surface area contributed by atoms with Crippen LogP contribution in [0.3, 0.4) is 0 Å². The molecule has 0 fully saturated rings. The minimum Gasteiger partial charge on any atom is -0.437 e. The lowest BCUT2D eigenvalue weighted by atomic mass is 10.1. The Morgan fingerprint density at radius 1 is 1.14 bits per heavy atom. The second kappa shape index (κ2) is 6.60. The van der Waals surface area contributed by atoms with Crippen molar-refractivity contribution < 1.29 is 4.74 Å². The molecule has 0 saturated carbocycles. The zero-order valence-corrected chi connectivity index (χ0v) is 13.7. The maximum absolute atomic E-state index is 6.16. The fourth-order valence-electron chi connectivity index (χ4n) is 1.58. The van der Waals surface area contributed by atoms with Gasteiger partial charge in [-0.3, -0.25) is 4.98 Å². The van der Waals surface area contributed by atoms with Crippen molar-refractivity contribution >= 4 is 23.2 Å². The van der Waals surface area contributed by atoms with Crippen molar-refractivity contribution in [2.75, 3.05) is 0 Å². The van der Waals surface area contributed by atoms with E-state index in [2.05, 4.69) is 36.1 Å². The van der Waals surface area contributed by atoms with Crippen LogP contribution < -0.4 is 10.1 Å². The number of aromatic nitrogens is 2. The number of ether oxygens (including phenoxy) is 1. The van der Waals surface area contributed by atoms with Gasteiger partial charge in [0.15, 0.2) is 0 Å². The molecule has 0 spiro atoms. The van der Waals surface area contributed by atoms with E-state index < -0.39 is 0 Å². The van der Waals surface area contributed by atoms with E-state index in [9.17, 15) is 0 Å². The molecule has 2 aromatic rings. The van der Waals surface area contributed by atoms with E-state index in [1.165, 1.54) is 0 Å². The Bertz CT molecular complexity index is 627. The lowest BCUT2D eigenvalue weighted by Crippen LogP contribution is -2.35. The predicted molar refractivity (Wildman–Crippen MR) is 85.2 cm³/mol. The first kappa shape index (κ1) is 16.0. The molecule has 0 unspecified atom stereocenters. The number of halogens is 2. The summed E-state index contributed by atoms with van der Waals surface area (Å²) in [5.41, 5.74) is 0.927. The fraction of sp³-hybridized carbons (Fsp3) is 0.333. The molecule has 2 heterocycles. The predicted octanol–water partition coefficient (Wildman–Crippen LogP) is 4.46. The van der Waals surface area contributed by atoms with Gasteiger partial charge in [0, 0.05) is 36.6 Å². The third kappa shape index (κ3) is 5.16. The number of hydrogen-bond donors (Lipinski definition) is 1. The molecule has 0 aromatic carbocycles. The monoisotopic (exact) mass is 325 g/mol. The average molecular weight is 326 g/mol. The number of nitrogens with zero attached hydrogens (tertiary/aromatic N) is 2. The van der Waals surface area contributed by atoms with E-state index >= 15 is 0 Å². The second-order valence-electron chi connectivity index (χ2n) is 5.66. The zero-order valence-electron chi connectivity index (χ0n) is 12.2. The summed E-state index contributed by atoms with van der Waals surface area (Å²) in [7, 11) is 0. The summed E-state index contributed by atoms with van der Waals surface area (Å²) in [6, 6.07) is 3.49. The maximum atomic E-state index is 6.16. The van der Waals surface area contributed by atoms with Crippen LogP contribution >= 0.6 is 23.2 Å². The van der Waals surface area contributed by atoms with Crippen LogP contribution in [0, 0.1) is 0 Å². The molecule has 2 rings (SSSR count). The van der Waals surface area contributed by atoms with Gasteiger partial charge < -0.3 is 10.1 Å². The van der Waals surface area contributed by atoms with E-state index in [0.29, 0.717) is 28.2 Å². The van der Waals surface area contributed by atoms with Crippen molar-refractivity contribution in [3.63, 3.8) is 0 Å². The Kier molecular flexibility index (Phi) is 5.04. The average Bonchev–Trinajstić information content (AvgIpc) is 2.38. The van der Waals surface area contributed by atoms with E-state index in [4.69, 9.17) is 27.9 Å². The fourth-order valence-corrected chi connectivity index (χ4v) is 1.91. The number of pyridine rings is 2. The molecule has 4 nitrogen and oxygen atoms in total. The second-order valence-corrected chi connectivity index (χ2v) is 6.50. The highest BCUT2D eigenvalue weighted by molar-refractivity contribution is 6.31. The van der Waals surface area contributed by atoms with Crippen LogP contribution in [-0.2, 0) is 6.54 Å². The molecule has 2 aromatic heterocycles. The van der Waals surface area contributed by atoms with Crippen LogP contribution in [-0.4, -0.2) is 15.5 Å². The quantitative estimate of drug-likeness (QED) is 0.901. The molecule has 1 N–H and O–H groups in total. The van der Waals surface area contributed by atoms with E-state index in [-0.39, 0.29) is 5.54 Å². The largest absolute Gasteiger partial charge is 0.437 e. The Morgan fingerprint density at radius 3 is 2.57 bits per heavy atom. The van der Waals surface area contributed by atoms with Gasteiger partial charge in [0.05, 0.1) is 16.2 Å². The van der Waals surface area contributed by atoms with Crippen molar-refractivity contribution in [2.24, 2.45) is 0 Å². The van der Waals surface area contributed by atoms with Gasteiger partial charge in [-0.05, 0) is 26.3 Å². The summed E-state index contributed by atoms with van der Waals surface area (Å²) >= 11 is 12.0. The van der Waals surface area contributed by atoms with Crippen LogP contribution in [0.4, 0.5) is 0 Å². The lowest BCUT2D eigenvalue weighted by molar-refractivity contribution is 0.421. The summed E-state index contributed by atoms with van der Waals surface area (Å²) in [5, 5.41) is 4.49. The molecule has 0 radical (unpaired) electrons. The third-order valence-corrected chi connectivity index (χ3v) is 3.17. The number of nitrogens with one attached hydrogen (secondary N) is 1. The van der Waals surface area contributed by atoms with Gasteiger partial charge in [-0.25, -0.2) is 4.98 Å². The highest BCUT2D eigenvalue weighted by Crippen LogP contribution is 2.25. The van der Waals surface area contributed by atoms with E-state index in [0.717, 1.165) is 5.56 Å². The highest BCUT2D eigenvalue weighted by Gasteiger charge is 2.11. The van der Waals surface area contributed by atoms with Gasteiger partial charge in [-0.2, -0.15) is 0 Å². The molecule has 0 bridgehead atoms. The Hall–Kier alpha value is -1.36. The van der Waals surface area contributed by atoms with E-state index in [1.54, 1.807) is 24.7 Å². The molecule has 0 aliphatic carbocycles. The smallest absolute Gasteiger partial charge is 0.219 e. The molecule has 0 saturated heterocycles. The molecule has 6 heteroatoms. The summed E-state index contributed by atoms with van der Waals surface area (Å²) in [6.45, 7) is 6.92. The first-order valence-electron chi connectivity index (χ1n) is 6.51. The van der Waals surface area contributed by atoms with Gasteiger partial charge in [-0.1, -0.05) is 23.2 Å². The molecule has 0 aliphatic heterocycles. The van der Waals surface area contributed by atoms with E-state index in [1.807, 2.05) is 6.07 Å². The molecule has 21 heavy (non-hydrogen) atoms. The van der Waals surface area contributed by atoms with Crippen molar-refractivity contribution in [1.82, 2.24) is 15.3 Å². The molecule has 0 aliphatic rings. The summed E-state index contributed by atoms with van der Waals surface area (Å²) in [6.07, 6.45) is 4.70. The highest BCUT2D eigenvalue weighted by atomic mass is 35.5. The Balaban J connectivity index is 2.14. The molecule has 0 atom stereocenters. The molecular weight excluding hydrogens is 309 g/mol. The SMILES string of the molecule is CC(C)(C)NCc1cc(Oc2cncc(Cl)c2)ncc1Cl. The van der Waals surface area contributed by atoms with Crippen molar-refractivity contribution in [3.05, 3.63) is 46.3 Å². The normalized spacial score (nSPS) is 11.5. The first-order chi connectivity index (χ1) is 9.83. The molecule has 0 amide bonds. The van der Waals surface area contributed by atoms with Crippen molar-refractivity contribution in [3.8, 4) is 11.6 Å². The van der Waals surface area contributed by atoms with Crippen molar-refractivity contribution in [2.45, 2.75) is 32.9 Å². The summed E-state index contributed by atoms with van der Waals surface area (Å²) in [5.74, 6) is 0.987. The van der Waals surface area contributed by atoms with Gasteiger partial charge in [0.1, 0.15) is 5.75 Å².